The Morgan fingerprint density at radius 1 is 0.933 bits per heavy atom. The molecule has 0 heterocycles. The van der Waals surface area contributed by atoms with Crippen molar-refractivity contribution < 1.29 is 0 Å². The van der Waals surface area contributed by atoms with Crippen molar-refractivity contribution in [1.82, 2.24) is 0 Å². The van der Waals surface area contributed by atoms with Gasteiger partial charge in [0.2, 0.25) is 0 Å². The summed E-state index contributed by atoms with van der Waals surface area (Å²) in [5.74, 6) is 0. The summed E-state index contributed by atoms with van der Waals surface area (Å²) in [6.45, 7) is 3.80. The molecule has 0 aromatic carbocycles. The van der Waals surface area contributed by atoms with Gasteiger partial charge in [-0.15, -0.1) is 6.58 Å². The van der Waals surface area contributed by atoms with E-state index in [4.69, 9.17) is 0 Å². The van der Waals surface area contributed by atoms with Gasteiger partial charge in [-0.1, -0.05) is 60.8 Å². The lowest BCUT2D eigenvalue weighted by molar-refractivity contribution is 1.26. The van der Waals surface area contributed by atoms with Gasteiger partial charge in [0.05, 0.1) is 0 Å². The van der Waals surface area contributed by atoms with Gasteiger partial charge in [0.15, 0.2) is 0 Å². The van der Waals surface area contributed by atoms with E-state index < -0.39 is 0 Å². The molecule has 0 aromatic rings. The van der Waals surface area contributed by atoms with Crippen molar-refractivity contribution in [2.24, 2.45) is 0 Å². The summed E-state index contributed by atoms with van der Waals surface area (Å²) in [7, 11) is 0. The normalized spacial score (nSPS) is 18.3. The first kappa shape index (κ1) is 9.72. The minimum absolute atomic E-state index is 0.912. The van der Waals surface area contributed by atoms with Crippen LogP contribution in [0.2, 0.25) is 0 Å². The number of rotatable bonds is 2. The van der Waals surface area contributed by atoms with Crippen molar-refractivity contribution in [3.8, 4) is 0 Å². The summed E-state index contributed by atoms with van der Waals surface area (Å²) in [5.41, 5.74) is 3.88. The zero-order valence-electron chi connectivity index (χ0n) is 8.69. The third-order valence-corrected chi connectivity index (χ3v) is 2.47. The van der Waals surface area contributed by atoms with Crippen molar-refractivity contribution in [1.29, 1.82) is 0 Å². The lowest BCUT2D eigenvalue weighted by Gasteiger charge is -2.06. The summed E-state index contributed by atoms with van der Waals surface area (Å²) < 4.78 is 0. The van der Waals surface area contributed by atoms with Crippen LogP contribution in [0.25, 0.3) is 0 Å². The van der Waals surface area contributed by atoms with E-state index in [0.29, 0.717) is 0 Å². The van der Waals surface area contributed by atoms with E-state index >= 15 is 0 Å². The van der Waals surface area contributed by atoms with E-state index in [2.05, 4.69) is 61.3 Å². The van der Waals surface area contributed by atoms with Crippen LogP contribution in [-0.4, -0.2) is 0 Å². The standard InChI is InChI=1S/C15H14/c1-2-8-13-10-6-7-11-14-9-4-3-5-12-15(13)14/h2-7,9-12H,1,8H2. The highest BCUT2D eigenvalue weighted by Crippen LogP contribution is 2.25. The maximum Gasteiger partial charge on any atom is -0.00940 e. The summed E-state index contributed by atoms with van der Waals surface area (Å²) in [6, 6.07) is 0. The molecule has 74 valence electrons. The molecule has 2 aliphatic rings. The Hall–Kier alpha value is -1.82. The Kier molecular flexibility index (Phi) is 2.99. The molecule has 0 N–H and O–H groups in total. The lowest BCUT2D eigenvalue weighted by atomic mass is 9.98. The molecule has 15 heavy (non-hydrogen) atoms. The van der Waals surface area contributed by atoms with E-state index in [1.807, 2.05) is 6.08 Å². The molecule has 0 saturated heterocycles. The molecule has 0 unspecified atom stereocenters. The van der Waals surface area contributed by atoms with Gasteiger partial charge < -0.3 is 0 Å². The molecular formula is C15H14. The first-order valence-electron chi connectivity index (χ1n) is 5.16. The van der Waals surface area contributed by atoms with E-state index in [1.54, 1.807) is 0 Å². The highest BCUT2D eigenvalue weighted by molar-refractivity contribution is 5.57. The van der Waals surface area contributed by atoms with E-state index in [-0.39, 0.29) is 0 Å². The first-order valence-corrected chi connectivity index (χ1v) is 5.16. The third-order valence-electron chi connectivity index (χ3n) is 2.47. The Labute approximate surface area is 91.0 Å². The fourth-order valence-corrected chi connectivity index (χ4v) is 1.75. The molecule has 0 fully saturated rings. The monoisotopic (exact) mass is 194 g/mol. The Morgan fingerprint density at radius 2 is 1.73 bits per heavy atom. The summed E-state index contributed by atoms with van der Waals surface area (Å²) in [5, 5.41) is 0. The summed E-state index contributed by atoms with van der Waals surface area (Å²) in [6.07, 6.45) is 21.8. The molecule has 0 aromatic heterocycles. The van der Waals surface area contributed by atoms with Crippen LogP contribution in [0.1, 0.15) is 6.42 Å². The average Bonchev–Trinajstić information content (AvgIpc) is 2.55. The van der Waals surface area contributed by atoms with Gasteiger partial charge in [-0.25, -0.2) is 0 Å². The van der Waals surface area contributed by atoms with Gasteiger partial charge in [0, 0.05) is 0 Å². The largest absolute Gasteiger partial charge is 0.103 e. The van der Waals surface area contributed by atoms with Gasteiger partial charge in [-0.3, -0.25) is 0 Å². The number of fused-ring (bicyclic) bond motifs is 1. The molecule has 0 spiro atoms. The second-order valence-corrected chi connectivity index (χ2v) is 3.52. The van der Waals surface area contributed by atoms with Crippen LogP contribution in [0.5, 0.6) is 0 Å². The summed E-state index contributed by atoms with van der Waals surface area (Å²) in [4.78, 5) is 0. The fraction of sp³-hybridized carbons (Fsp3) is 0.0667. The zero-order valence-corrected chi connectivity index (χ0v) is 8.69. The van der Waals surface area contributed by atoms with Crippen molar-refractivity contribution in [2.45, 2.75) is 6.42 Å². The second kappa shape index (κ2) is 4.61. The predicted octanol–water partition coefficient (Wildman–Crippen LogP) is 4.04. The molecule has 0 atom stereocenters. The zero-order chi connectivity index (χ0) is 10.5. The molecule has 0 nitrogen and oxygen atoms in total. The Balaban J connectivity index is 2.52. The molecule has 0 bridgehead atoms. The topological polar surface area (TPSA) is 0 Å². The van der Waals surface area contributed by atoms with Crippen LogP contribution in [0, 0.1) is 0 Å². The van der Waals surface area contributed by atoms with Crippen LogP contribution >= 0.6 is 0 Å². The SMILES string of the molecule is C=CCC1=C2C=CC=CC=C2C=CC=C1. The van der Waals surface area contributed by atoms with Gasteiger partial charge in [0.1, 0.15) is 0 Å². The van der Waals surface area contributed by atoms with Crippen LogP contribution < -0.4 is 0 Å². The van der Waals surface area contributed by atoms with Crippen molar-refractivity contribution in [3.05, 3.63) is 84.1 Å². The quantitative estimate of drug-likeness (QED) is 0.582. The number of allylic oxidation sites excluding steroid dienone is 13. The Morgan fingerprint density at radius 3 is 2.60 bits per heavy atom. The van der Waals surface area contributed by atoms with E-state index in [1.165, 1.54) is 16.7 Å². The minimum Gasteiger partial charge on any atom is -0.103 e. The van der Waals surface area contributed by atoms with Crippen LogP contribution in [0.15, 0.2) is 84.1 Å². The molecular weight excluding hydrogens is 180 g/mol. The first-order chi connectivity index (χ1) is 7.42. The van der Waals surface area contributed by atoms with Crippen LogP contribution in [0.4, 0.5) is 0 Å². The maximum atomic E-state index is 3.80. The van der Waals surface area contributed by atoms with E-state index in [0.717, 1.165) is 6.42 Å². The molecule has 0 heteroatoms. The summed E-state index contributed by atoms with van der Waals surface area (Å²) >= 11 is 0. The molecule has 0 radical (unpaired) electrons. The maximum absolute atomic E-state index is 3.80. The van der Waals surface area contributed by atoms with Gasteiger partial charge in [-0.2, -0.15) is 0 Å². The Bertz CT molecular complexity index is 435. The molecule has 2 aliphatic carbocycles. The molecule has 2 rings (SSSR count). The van der Waals surface area contributed by atoms with Crippen molar-refractivity contribution in [3.63, 3.8) is 0 Å². The highest BCUT2D eigenvalue weighted by Gasteiger charge is 2.06. The smallest absolute Gasteiger partial charge is 0.00940 e. The molecule has 0 saturated carbocycles. The van der Waals surface area contributed by atoms with Gasteiger partial charge >= 0.3 is 0 Å². The number of hydrogen-bond acceptors (Lipinski definition) is 0. The average molecular weight is 194 g/mol. The minimum atomic E-state index is 0.912. The van der Waals surface area contributed by atoms with E-state index in [9.17, 15) is 0 Å². The van der Waals surface area contributed by atoms with Crippen LogP contribution in [0.3, 0.4) is 0 Å². The molecule has 0 amide bonds. The number of hydrogen-bond donors (Lipinski definition) is 0. The third kappa shape index (κ3) is 2.16. The van der Waals surface area contributed by atoms with Crippen molar-refractivity contribution in [2.75, 3.05) is 0 Å². The van der Waals surface area contributed by atoms with Gasteiger partial charge in [-0.05, 0) is 23.1 Å². The van der Waals surface area contributed by atoms with Crippen LogP contribution in [-0.2, 0) is 0 Å². The van der Waals surface area contributed by atoms with Crippen molar-refractivity contribution >= 4 is 0 Å². The van der Waals surface area contributed by atoms with Gasteiger partial charge in [0.25, 0.3) is 0 Å². The second-order valence-electron chi connectivity index (χ2n) is 3.52. The predicted molar refractivity (Wildman–Crippen MR) is 66.5 cm³/mol. The fourth-order valence-electron chi connectivity index (χ4n) is 1.75. The lowest BCUT2D eigenvalue weighted by Crippen LogP contribution is -1.88. The molecule has 0 aliphatic heterocycles. The highest BCUT2D eigenvalue weighted by atomic mass is 14.1.